The van der Waals surface area contributed by atoms with Crippen LogP contribution in [0.15, 0.2) is 53.4 Å². The van der Waals surface area contributed by atoms with E-state index >= 15 is 0 Å². The van der Waals surface area contributed by atoms with Crippen molar-refractivity contribution in [1.82, 2.24) is 4.90 Å². The highest BCUT2D eigenvalue weighted by Gasteiger charge is 2.36. The lowest BCUT2D eigenvalue weighted by Gasteiger charge is -2.08. The van der Waals surface area contributed by atoms with Crippen molar-refractivity contribution in [2.75, 3.05) is 6.54 Å². The smallest absolute Gasteiger partial charge is 0.323 e. The molecular formula is C19H14N2O7S. The molecule has 148 valence electrons. The number of hydrogen-bond acceptors (Lipinski definition) is 7. The SMILES string of the molecule is O=C(O)CN1C(=O)S/C(=C/c2ccc(OCc3ccccc3)c([N+](=O)[O-])c2)C1=O. The topological polar surface area (TPSA) is 127 Å². The zero-order chi connectivity index (χ0) is 21.0. The Labute approximate surface area is 168 Å². The van der Waals surface area contributed by atoms with Gasteiger partial charge in [-0.05, 0) is 35.0 Å². The molecule has 0 unspecified atom stereocenters. The minimum atomic E-state index is -1.32. The summed E-state index contributed by atoms with van der Waals surface area (Å²) in [5.74, 6) is -2.01. The number of ether oxygens (including phenoxy) is 1. The third kappa shape index (κ3) is 4.79. The predicted molar refractivity (Wildman–Crippen MR) is 104 cm³/mol. The highest BCUT2D eigenvalue weighted by molar-refractivity contribution is 8.18. The number of amides is 2. The van der Waals surface area contributed by atoms with Gasteiger partial charge in [0.15, 0.2) is 5.75 Å². The molecule has 0 atom stereocenters. The van der Waals surface area contributed by atoms with Crippen molar-refractivity contribution in [1.29, 1.82) is 0 Å². The average molecular weight is 414 g/mol. The van der Waals surface area contributed by atoms with Gasteiger partial charge < -0.3 is 9.84 Å². The fourth-order valence-electron chi connectivity index (χ4n) is 2.55. The van der Waals surface area contributed by atoms with Crippen LogP contribution in [0.2, 0.25) is 0 Å². The monoisotopic (exact) mass is 414 g/mol. The van der Waals surface area contributed by atoms with Gasteiger partial charge >= 0.3 is 11.7 Å². The summed E-state index contributed by atoms with van der Waals surface area (Å²) in [5.41, 5.74) is 0.863. The Hall–Kier alpha value is -3.66. The van der Waals surface area contributed by atoms with E-state index in [9.17, 15) is 24.5 Å². The molecule has 1 fully saturated rings. The maximum atomic E-state index is 12.2. The van der Waals surface area contributed by atoms with Crippen molar-refractivity contribution >= 4 is 40.6 Å². The van der Waals surface area contributed by atoms with E-state index in [2.05, 4.69) is 0 Å². The van der Waals surface area contributed by atoms with Crippen LogP contribution in [0.1, 0.15) is 11.1 Å². The fourth-order valence-corrected chi connectivity index (χ4v) is 3.39. The number of carboxylic acid groups (broad SMARTS) is 1. The molecule has 2 aromatic carbocycles. The number of nitro benzene ring substituents is 1. The molecule has 1 aliphatic rings. The summed E-state index contributed by atoms with van der Waals surface area (Å²) in [6.07, 6.45) is 1.31. The summed E-state index contributed by atoms with van der Waals surface area (Å²) in [6, 6.07) is 13.3. The zero-order valence-corrected chi connectivity index (χ0v) is 15.6. The second-order valence-electron chi connectivity index (χ2n) is 5.92. The van der Waals surface area contributed by atoms with Crippen molar-refractivity contribution in [3.63, 3.8) is 0 Å². The molecule has 0 spiro atoms. The molecule has 10 heteroatoms. The summed E-state index contributed by atoms with van der Waals surface area (Å²) >= 11 is 0.579. The number of nitrogens with zero attached hydrogens (tertiary/aromatic N) is 2. The first-order valence-electron chi connectivity index (χ1n) is 8.27. The molecule has 2 aromatic rings. The van der Waals surface area contributed by atoms with Crippen molar-refractivity contribution in [3.8, 4) is 5.75 Å². The summed E-state index contributed by atoms with van der Waals surface area (Å²) in [4.78, 5) is 46.2. The van der Waals surface area contributed by atoms with Crippen LogP contribution >= 0.6 is 11.8 Å². The summed E-state index contributed by atoms with van der Waals surface area (Å²) in [7, 11) is 0. The third-order valence-corrected chi connectivity index (χ3v) is 4.79. The zero-order valence-electron chi connectivity index (χ0n) is 14.8. The Morgan fingerprint density at radius 1 is 1.21 bits per heavy atom. The summed E-state index contributed by atoms with van der Waals surface area (Å²) < 4.78 is 5.55. The quantitative estimate of drug-likeness (QED) is 0.415. The van der Waals surface area contributed by atoms with Crippen molar-refractivity contribution in [3.05, 3.63) is 74.7 Å². The molecule has 1 aliphatic heterocycles. The molecule has 0 bridgehead atoms. The lowest BCUT2D eigenvalue weighted by atomic mass is 10.1. The molecule has 1 heterocycles. The van der Waals surface area contributed by atoms with Crippen LogP contribution in [0.3, 0.4) is 0 Å². The second kappa shape index (κ2) is 8.57. The van der Waals surface area contributed by atoms with Gasteiger partial charge in [-0.15, -0.1) is 0 Å². The third-order valence-electron chi connectivity index (χ3n) is 3.88. The van der Waals surface area contributed by atoms with Gasteiger partial charge in [0.05, 0.1) is 9.83 Å². The predicted octanol–water partition coefficient (Wildman–Crippen LogP) is 3.29. The Bertz CT molecular complexity index is 1020. The molecule has 1 saturated heterocycles. The number of carbonyl (C=O) groups is 3. The number of nitro groups is 1. The van der Waals surface area contributed by atoms with Crippen LogP contribution in [-0.4, -0.2) is 38.6 Å². The van der Waals surface area contributed by atoms with Crippen LogP contribution in [0.25, 0.3) is 6.08 Å². The van der Waals surface area contributed by atoms with Gasteiger partial charge in [0.2, 0.25) is 0 Å². The van der Waals surface area contributed by atoms with Crippen molar-refractivity contribution in [2.24, 2.45) is 0 Å². The lowest BCUT2D eigenvalue weighted by molar-refractivity contribution is -0.386. The Morgan fingerprint density at radius 3 is 2.59 bits per heavy atom. The van der Waals surface area contributed by atoms with E-state index in [1.807, 2.05) is 30.3 Å². The van der Waals surface area contributed by atoms with Crippen LogP contribution in [0, 0.1) is 10.1 Å². The Morgan fingerprint density at radius 2 is 1.93 bits per heavy atom. The van der Waals surface area contributed by atoms with Gasteiger partial charge in [-0.2, -0.15) is 0 Å². The fraction of sp³-hybridized carbons (Fsp3) is 0.105. The van der Waals surface area contributed by atoms with E-state index in [1.54, 1.807) is 0 Å². The molecule has 9 nitrogen and oxygen atoms in total. The maximum Gasteiger partial charge on any atom is 0.323 e. The van der Waals surface area contributed by atoms with Gasteiger partial charge in [-0.25, -0.2) is 0 Å². The van der Waals surface area contributed by atoms with Gasteiger partial charge in [0, 0.05) is 6.07 Å². The maximum absolute atomic E-state index is 12.2. The van der Waals surface area contributed by atoms with Gasteiger partial charge in [0.1, 0.15) is 13.2 Å². The van der Waals surface area contributed by atoms with Crippen molar-refractivity contribution in [2.45, 2.75) is 6.61 Å². The molecule has 0 saturated carbocycles. The minimum Gasteiger partial charge on any atom is -0.482 e. The number of hydrogen-bond donors (Lipinski definition) is 1. The number of benzene rings is 2. The van der Waals surface area contributed by atoms with Crippen molar-refractivity contribution < 1.29 is 29.2 Å². The van der Waals surface area contributed by atoms with E-state index in [0.717, 1.165) is 5.56 Å². The summed E-state index contributed by atoms with van der Waals surface area (Å²) in [6.45, 7) is -0.594. The van der Waals surface area contributed by atoms with Gasteiger partial charge in [-0.1, -0.05) is 36.4 Å². The number of carbonyl (C=O) groups excluding carboxylic acids is 2. The molecular weight excluding hydrogens is 400 g/mol. The van der Waals surface area contributed by atoms with Crippen LogP contribution in [0.4, 0.5) is 10.5 Å². The summed E-state index contributed by atoms with van der Waals surface area (Å²) in [5, 5.41) is 19.5. The highest BCUT2D eigenvalue weighted by atomic mass is 32.2. The number of aliphatic carboxylic acids is 1. The normalized spacial score (nSPS) is 15.0. The molecule has 29 heavy (non-hydrogen) atoms. The Balaban J connectivity index is 1.82. The second-order valence-corrected chi connectivity index (χ2v) is 6.91. The standard InChI is InChI=1S/C19H14N2O7S/c22-17(23)10-20-18(24)16(29-19(20)25)9-13-6-7-15(14(8-13)21(26)27)28-11-12-4-2-1-3-5-12/h1-9H,10-11H2,(H,22,23)/b16-9+. The van der Waals surface area contributed by atoms with Gasteiger partial charge in [0.25, 0.3) is 11.1 Å². The molecule has 0 aromatic heterocycles. The largest absolute Gasteiger partial charge is 0.482 e. The van der Waals surface area contributed by atoms with Crippen LogP contribution in [0.5, 0.6) is 5.75 Å². The first-order chi connectivity index (χ1) is 13.8. The Kier molecular flexibility index (Phi) is 5.93. The minimum absolute atomic E-state index is 0.0106. The van der Waals surface area contributed by atoms with E-state index in [0.29, 0.717) is 22.2 Å². The highest BCUT2D eigenvalue weighted by Crippen LogP contribution is 2.34. The van der Waals surface area contributed by atoms with E-state index in [4.69, 9.17) is 9.84 Å². The van der Waals surface area contributed by atoms with E-state index in [-0.39, 0.29) is 22.9 Å². The van der Waals surface area contributed by atoms with Gasteiger partial charge in [-0.3, -0.25) is 29.4 Å². The molecule has 2 amide bonds. The number of imide groups is 1. The average Bonchev–Trinajstić information content (AvgIpc) is 2.94. The number of carboxylic acids is 1. The molecule has 3 rings (SSSR count). The number of rotatable bonds is 7. The van der Waals surface area contributed by atoms with E-state index < -0.39 is 28.6 Å². The first-order valence-corrected chi connectivity index (χ1v) is 9.09. The van der Waals surface area contributed by atoms with Crippen LogP contribution in [-0.2, 0) is 16.2 Å². The van der Waals surface area contributed by atoms with E-state index in [1.165, 1.54) is 24.3 Å². The first kappa shape index (κ1) is 20.1. The van der Waals surface area contributed by atoms with Crippen LogP contribution < -0.4 is 4.74 Å². The lowest BCUT2D eigenvalue weighted by Crippen LogP contribution is -2.33. The molecule has 0 radical (unpaired) electrons. The molecule has 1 N–H and O–H groups in total. The molecule has 0 aliphatic carbocycles. The number of thioether (sulfide) groups is 1.